The molecule has 4 heterocycles. The summed E-state index contributed by atoms with van der Waals surface area (Å²) in [5.41, 5.74) is 8.96. The second kappa shape index (κ2) is 4.60. The van der Waals surface area contributed by atoms with Crippen molar-refractivity contribution in [3.8, 4) is 0 Å². The second-order valence-corrected chi connectivity index (χ2v) is 6.22. The van der Waals surface area contributed by atoms with Gasteiger partial charge in [0.2, 0.25) is 0 Å². The summed E-state index contributed by atoms with van der Waals surface area (Å²) in [5, 5.41) is 1.27. The van der Waals surface area contributed by atoms with Crippen LogP contribution >= 0.6 is 0 Å². The molecule has 4 heteroatoms. The van der Waals surface area contributed by atoms with Gasteiger partial charge in [0.1, 0.15) is 5.82 Å². The molecule has 3 aliphatic rings. The number of carbonyl (C=O) groups is 1. The van der Waals surface area contributed by atoms with Crippen LogP contribution in [0.25, 0.3) is 10.9 Å². The van der Waals surface area contributed by atoms with E-state index >= 15 is 0 Å². The molecular weight excluding hydrogens is 262 g/mol. The number of rotatable bonds is 3. The zero-order valence-electron chi connectivity index (χ0n) is 12.4. The van der Waals surface area contributed by atoms with Gasteiger partial charge < -0.3 is 15.2 Å². The van der Waals surface area contributed by atoms with E-state index in [-0.39, 0.29) is 5.78 Å². The van der Waals surface area contributed by atoms with Gasteiger partial charge in [0.05, 0.1) is 5.52 Å². The SMILES string of the molecule is Cn1c2c(c3cccc(C(=O)CCN)c31)C1CCN2CC1. The number of piperidine rings is 1. The number of aromatic nitrogens is 1. The van der Waals surface area contributed by atoms with Gasteiger partial charge in [-0.25, -0.2) is 0 Å². The number of anilines is 1. The largest absolute Gasteiger partial charge is 0.358 e. The quantitative estimate of drug-likeness (QED) is 0.880. The third-order valence-electron chi connectivity index (χ3n) is 5.09. The van der Waals surface area contributed by atoms with Gasteiger partial charge in [-0.2, -0.15) is 0 Å². The zero-order valence-corrected chi connectivity index (χ0v) is 12.4. The summed E-state index contributed by atoms with van der Waals surface area (Å²) in [7, 11) is 2.10. The Labute approximate surface area is 124 Å². The summed E-state index contributed by atoms with van der Waals surface area (Å²) >= 11 is 0. The Morgan fingerprint density at radius 1 is 1.33 bits per heavy atom. The summed E-state index contributed by atoms with van der Waals surface area (Å²) in [5.74, 6) is 2.15. The molecule has 1 fully saturated rings. The van der Waals surface area contributed by atoms with Crippen LogP contribution < -0.4 is 10.6 Å². The van der Waals surface area contributed by atoms with Crippen molar-refractivity contribution in [1.29, 1.82) is 0 Å². The smallest absolute Gasteiger partial charge is 0.166 e. The van der Waals surface area contributed by atoms with Crippen LogP contribution in [-0.2, 0) is 7.05 Å². The highest BCUT2D eigenvalue weighted by atomic mass is 16.1. The maximum atomic E-state index is 12.4. The van der Waals surface area contributed by atoms with Crippen LogP contribution in [0.5, 0.6) is 0 Å². The molecule has 0 aliphatic carbocycles. The monoisotopic (exact) mass is 283 g/mol. The molecule has 0 amide bonds. The number of carbonyl (C=O) groups excluding carboxylic acids is 1. The van der Waals surface area contributed by atoms with Crippen molar-refractivity contribution in [1.82, 2.24) is 4.57 Å². The van der Waals surface area contributed by atoms with E-state index in [0.717, 1.165) is 24.2 Å². The number of benzene rings is 1. The van der Waals surface area contributed by atoms with E-state index in [1.807, 2.05) is 12.1 Å². The molecule has 0 spiro atoms. The standard InChI is InChI=1S/C17H21N3O/c1-19-16-12(14(21)5-8-18)3-2-4-13(16)15-11-6-9-20(10-7-11)17(15)19/h2-4,11H,5-10,18H2,1H3. The minimum atomic E-state index is 0.156. The first kappa shape index (κ1) is 12.9. The van der Waals surface area contributed by atoms with Gasteiger partial charge in [0, 0.05) is 43.1 Å². The predicted octanol–water partition coefficient (Wildman–Crippen LogP) is 2.41. The van der Waals surface area contributed by atoms with Crippen molar-refractivity contribution in [2.24, 2.45) is 12.8 Å². The van der Waals surface area contributed by atoms with E-state index in [4.69, 9.17) is 5.73 Å². The Morgan fingerprint density at radius 2 is 2.10 bits per heavy atom. The lowest BCUT2D eigenvalue weighted by molar-refractivity contribution is 0.0986. The Balaban J connectivity index is 2.00. The third kappa shape index (κ3) is 1.69. The fourth-order valence-electron chi connectivity index (χ4n) is 4.18. The van der Waals surface area contributed by atoms with Crippen molar-refractivity contribution in [2.75, 3.05) is 24.5 Å². The van der Waals surface area contributed by atoms with E-state index in [0.29, 0.717) is 18.9 Å². The van der Waals surface area contributed by atoms with Crippen LogP contribution in [0.15, 0.2) is 18.2 Å². The average molecular weight is 283 g/mol. The van der Waals surface area contributed by atoms with Gasteiger partial charge in [-0.05, 0) is 31.4 Å². The number of aryl methyl sites for hydroxylation is 1. The lowest BCUT2D eigenvalue weighted by Gasteiger charge is -2.41. The summed E-state index contributed by atoms with van der Waals surface area (Å²) in [6.07, 6.45) is 2.91. The number of nitrogens with two attached hydrogens (primary N) is 1. The maximum Gasteiger partial charge on any atom is 0.166 e. The van der Waals surface area contributed by atoms with Crippen LogP contribution in [0.1, 0.15) is 41.1 Å². The molecule has 1 saturated heterocycles. The van der Waals surface area contributed by atoms with Crippen LogP contribution in [0, 0.1) is 0 Å². The average Bonchev–Trinajstić information content (AvgIpc) is 2.85. The molecule has 0 atom stereocenters. The molecule has 2 aromatic rings. The minimum absolute atomic E-state index is 0.156. The van der Waals surface area contributed by atoms with Crippen molar-refractivity contribution >= 4 is 22.5 Å². The zero-order chi connectivity index (χ0) is 14.6. The van der Waals surface area contributed by atoms with Crippen LogP contribution in [0.2, 0.25) is 0 Å². The fourth-order valence-corrected chi connectivity index (χ4v) is 4.18. The topological polar surface area (TPSA) is 51.3 Å². The lowest BCUT2D eigenvalue weighted by atomic mass is 9.84. The Hall–Kier alpha value is -1.81. The van der Waals surface area contributed by atoms with Gasteiger partial charge in [-0.15, -0.1) is 0 Å². The predicted molar refractivity (Wildman–Crippen MR) is 85.1 cm³/mol. The van der Waals surface area contributed by atoms with E-state index in [1.54, 1.807) is 0 Å². The summed E-state index contributed by atoms with van der Waals surface area (Å²) in [4.78, 5) is 14.9. The van der Waals surface area contributed by atoms with Crippen LogP contribution in [-0.4, -0.2) is 30.0 Å². The molecular formula is C17H21N3O. The van der Waals surface area contributed by atoms with Crippen molar-refractivity contribution in [3.05, 3.63) is 29.3 Å². The molecule has 0 unspecified atom stereocenters. The number of para-hydroxylation sites is 1. The molecule has 1 aromatic carbocycles. The minimum Gasteiger partial charge on any atom is -0.358 e. The Kier molecular flexibility index (Phi) is 2.82. The molecule has 110 valence electrons. The van der Waals surface area contributed by atoms with E-state index in [9.17, 15) is 4.79 Å². The normalized spacial score (nSPS) is 17.5. The number of Topliss-reactive ketones (excluding diaryl/α,β-unsaturated/α-hetero) is 1. The number of hydrogen-bond acceptors (Lipinski definition) is 3. The van der Waals surface area contributed by atoms with Gasteiger partial charge >= 0.3 is 0 Å². The molecule has 21 heavy (non-hydrogen) atoms. The highest BCUT2D eigenvalue weighted by molar-refractivity contribution is 6.09. The lowest BCUT2D eigenvalue weighted by Crippen LogP contribution is -2.39. The summed E-state index contributed by atoms with van der Waals surface area (Å²) < 4.78 is 2.24. The highest BCUT2D eigenvalue weighted by Gasteiger charge is 2.36. The highest BCUT2D eigenvalue weighted by Crippen LogP contribution is 2.47. The molecule has 0 saturated carbocycles. The van der Waals surface area contributed by atoms with Gasteiger partial charge in [-0.3, -0.25) is 4.79 Å². The number of nitrogens with zero attached hydrogens (tertiary/aromatic N) is 2. The molecule has 0 radical (unpaired) electrons. The summed E-state index contributed by atoms with van der Waals surface area (Å²) in [6, 6.07) is 6.14. The number of ketones is 1. The third-order valence-corrected chi connectivity index (χ3v) is 5.09. The molecule has 2 bridgehead atoms. The van der Waals surface area contributed by atoms with Gasteiger partial charge in [0.15, 0.2) is 5.78 Å². The Bertz CT molecular complexity index is 723. The van der Waals surface area contributed by atoms with Crippen LogP contribution in [0.3, 0.4) is 0 Å². The van der Waals surface area contributed by atoms with Gasteiger partial charge in [0.25, 0.3) is 0 Å². The molecule has 4 nitrogen and oxygen atoms in total. The molecule has 3 aliphatic heterocycles. The van der Waals surface area contributed by atoms with E-state index in [1.165, 1.54) is 29.6 Å². The molecule has 2 N–H and O–H groups in total. The first-order chi connectivity index (χ1) is 10.2. The van der Waals surface area contributed by atoms with Gasteiger partial charge in [-0.1, -0.05) is 12.1 Å². The first-order valence-electron chi connectivity index (χ1n) is 7.82. The van der Waals surface area contributed by atoms with E-state index < -0.39 is 0 Å². The fraction of sp³-hybridized carbons (Fsp3) is 0.471. The summed E-state index contributed by atoms with van der Waals surface area (Å²) in [6.45, 7) is 2.70. The van der Waals surface area contributed by atoms with Crippen molar-refractivity contribution in [2.45, 2.75) is 25.2 Å². The Morgan fingerprint density at radius 3 is 2.81 bits per heavy atom. The van der Waals surface area contributed by atoms with Crippen molar-refractivity contribution < 1.29 is 4.79 Å². The number of hydrogen-bond donors (Lipinski definition) is 1. The molecule has 1 aromatic heterocycles. The van der Waals surface area contributed by atoms with Crippen molar-refractivity contribution in [3.63, 3.8) is 0 Å². The number of fused-ring (bicyclic) bond motifs is 3. The molecule has 5 rings (SSSR count). The van der Waals surface area contributed by atoms with Crippen LogP contribution in [0.4, 0.5) is 5.82 Å². The second-order valence-electron chi connectivity index (χ2n) is 6.22. The van der Waals surface area contributed by atoms with E-state index in [2.05, 4.69) is 22.6 Å². The maximum absolute atomic E-state index is 12.4. The first-order valence-corrected chi connectivity index (χ1v) is 7.82.